The van der Waals surface area contributed by atoms with Crippen molar-refractivity contribution in [3.63, 3.8) is 0 Å². The van der Waals surface area contributed by atoms with Gasteiger partial charge in [-0.3, -0.25) is 4.79 Å². The van der Waals surface area contributed by atoms with Crippen molar-refractivity contribution < 1.29 is 17.9 Å². The summed E-state index contributed by atoms with van der Waals surface area (Å²) >= 11 is 11.8. The Labute approximate surface area is 174 Å². The second kappa shape index (κ2) is 10.5. The van der Waals surface area contributed by atoms with Crippen molar-refractivity contribution in [2.45, 2.75) is 17.7 Å². The van der Waals surface area contributed by atoms with E-state index in [0.717, 1.165) is 0 Å². The third-order valence-electron chi connectivity index (χ3n) is 3.57. The molecule has 0 aliphatic rings. The summed E-state index contributed by atoms with van der Waals surface area (Å²) in [5.74, 6) is 0.305. The summed E-state index contributed by atoms with van der Waals surface area (Å²) in [5, 5.41) is 3.64. The summed E-state index contributed by atoms with van der Waals surface area (Å²) in [6, 6.07) is 10.8. The van der Waals surface area contributed by atoms with Crippen molar-refractivity contribution in [3.8, 4) is 5.75 Å². The van der Waals surface area contributed by atoms with Gasteiger partial charge in [0.2, 0.25) is 15.9 Å². The fourth-order valence-corrected chi connectivity index (χ4v) is 3.66. The highest BCUT2D eigenvalue weighted by molar-refractivity contribution is 7.89. The number of sulfonamides is 1. The average molecular weight is 443 g/mol. The lowest BCUT2D eigenvalue weighted by atomic mass is 10.2. The second-order valence-electron chi connectivity index (χ2n) is 5.74. The molecular weight excluding hydrogens is 423 g/mol. The molecule has 28 heavy (non-hydrogen) atoms. The summed E-state index contributed by atoms with van der Waals surface area (Å²) in [7, 11) is -3.59. The molecule has 2 rings (SSSR count). The number of amides is 1. The minimum atomic E-state index is -3.59. The Bertz CT molecular complexity index is 931. The van der Waals surface area contributed by atoms with Crippen molar-refractivity contribution in [2.24, 2.45) is 0 Å². The Balaban J connectivity index is 1.79. The number of hydrogen-bond donors (Lipinski definition) is 2. The van der Waals surface area contributed by atoms with Gasteiger partial charge in [-0.15, -0.1) is 6.58 Å². The van der Waals surface area contributed by atoms with Crippen molar-refractivity contribution in [3.05, 3.63) is 65.2 Å². The maximum atomic E-state index is 12.0. The highest BCUT2D eigenvalue weighted by atomic mass is 35.5. The zero-order valence-electron chi connectivity index (χ0n) is 15.0. The Hall–Kier alpha value is -2.06. The smallest absolute Gasteiger partial charge is 0.240 e. The van der Waals surface area contributed by atoms with Crippen LogP contribution >= 0.6 is 23.2 Å². The normalized spacial score (nSPS) is 11.1. The second-order valence-corrected chi connectivity index (χ2v) is 8.35. The Morgan fingerprint density at radius 3 is 2.50 bits per heavy atom. The van der Waals surface area contributed by atoms with Crippen LogP contribution in [0.5, 0.6) is 5.75 Å². The number of hydrogen-bond acceptors (Lipinski definition) is 4. The van der Waals surface area contributed by atoms with Crippen LogP contribution in [0.1, 0.15) is 12.8 Å². The molecule has 9 heteroatoms. The number of carbonyl (C=O) groups is 1. The summed E-state index contributed by atoms with van der Waals surface area (Å²) in [6.07, 6.45) is 2.19. The first-order valence-electron chi connectivity index (χ1n) is 8.40. The quantitative estimate of drug-likeness (QED) is 0.425. The van der Waals surface area contributed by atoms with Gasteiger partial charge < -0.3 is 10.1 Å². The summed E-state index contributed by atoms with van der Waals surface area (Å²) in [5.41, 5.74) is 0.509. The van der Waals surface area contributed by atoms with Crippen LogP contribution in [0.25, 0.3) is 0 Å². The van der Waals surface area contributed by atoms with Crippen molar-refractivity contribution in [1.29, 1.82) is 0 Å². The predicted octanol–water partition coefficient (Wildman–Crippen LogP) is 4.26. The minimum Gasteiger partial charge on any atom is -0.492 e. The highest BCUT2D eigenvalue weighted by Crippen LogP contribution is 2.27. The predicted molar refractivity (Wildman–Crippen MR) is 112 cm³/mol. The maximum absolute atomic E-state index is 12.0. The molecule has 6 nitrogen and oxygen atoms in total. The molecule has 0 saturated carbocycles. The van der Waals surface area contributed by atoms with E-state index in [4.69, 9.17) is 27.9 Å². The van der Waals surface area contributed by atoms with Gasteiger partial charge >= 0.3 is 0 Å². The van der Waals surface area contributed by atoms with E-state index in [1.807, 2.05) is 0 Å². The number of ether oxygens (including phenoxy) is 1. The van der Waals surface area contributed by atoms with Gasteiger partial charge in [-0.05, 0) is 48.9 Å². The molecule has 0 heterocycles. The Morgan fingerprint density at radius 1 is 1.14 bits per heavy atom. The molecule has 0 aromatic heterocycles. The fourth-order valence-electron chi connectivity index (χ4n) is 2.20. The zero-order valence-corrected chi connectivity index (χ0v) is 17.3. The molecular formula is C19H20Cl2N2O4S. The first kappa shape index (κ1) is 22.2. The average Bonchev–Trinajstić information content (AvgIpc) is 2.65. The van der Waals surface area contributed by atoms with Crippen LogP contribution in [0.15, 0.2) is 60.0 Å². The molecule has 0 aliphatic carbocycles. The molecule has 0 spiro atoms. The standard InChI is InChI=1S/C19H20Cl2N2O4S/c1-2-11-22-28(25,26)16-8-6-15(7-9-16)23-19(24)4-3-12-27-18-10-5-14(20)13-17(18)21/h2,5-10,13,22H,1,3-4,11-12H2,(H,23,24). The molecule has 0 unspecified atom stereocenters. The van der Waals surface area contributed by atoms with Gasteiger partial charge in [0, 0.05) is 23.7 Å². The van der Waals surface area contributed by atoms with E-state index in [1.54, 1.807) is 18.2 Å². The first-order chi connectivity index (χ1) is 13.3. The van der Waals surface area contributed by atoms with E-state index in [9.17, 15) is 13.2 Å². The number of rotatable bonds is 10. The van der Waals surface area contributed by atoms with Crippen LogP contribution in [0.4, 0.5) is 5.69 Å². The summed E-state index contributed by atoms with van der Waals surface area (Å²) in [6.45, 7) is 3.93. The molecule has 0 atom stereocenters. The van der Waals surface area contributed by atoms with E-state index in [1.165, 1.54) is 30.3 Å². The maximum Gasteiger partial charge on any atom is 0.240 e. The number of anilines is 1. The van der Waals surface area contributed by atoms with Crippen LogP contribution in [-0.2, 0) is 14.8 Å². The van der Waals surface area contributed by atoms with Crippen molar-refractivity contribution >= 4 is 44.8 Å². The van der Waals surface area contributed by atoms with Crippen LogP contribution in [-0.4, -0.2) is 27.5 Å². The van der Waals surface area contributed by atoms with Crippen LogP contribution in [0.3, 0.4) is 0 Å². The Kier molecular flexibility index (Phi) is 8.32. The Morgan fingerprint density at radius 2 is 1.86 bits per heavy atom. The van der Waals surface area contributed by atoms with Crippen LogP contribution in [0, 0.1) is 0 Å². The molecule has 2 aromatic rings. The third-order valence-corrected chi connectivity index (χ3v) is 5.54. The SMILES string of the molecule is C=CCNS(=O)(=O)c1ccc(NC(=O)CCCOc2ccc(Cl)cc2Cl)cc1. The molecule has 1 amide bonds. The fraction of sp³-hybridized carbons (Fsp3) is 0.211. The van der Waals surface area contributed by atoms with Gasteiger partial charge in [0.25, 0.3) is 0 Å². The van der Waals surface area contributed by atoms with Gasteiger partial charge in [-0.1, -0.05) is 29.3 Å². The highest BCUT2D eigenvalue weighted by Gasteiger charge is 2.12. The number of carbonyl (C=O) groups excluding carboxylic acids is 1. The van der Waals surface area contributed by atoms with Gasteiger partial charge in [-0.2, -0.15) is 0 Å². The van der Waals surface area contributed by atoms with E-state index >= 15 is 0 Å². The van der Waals surface area contributed by atoms with E-state index in [0.29, 0.717) is 34.5 Å². The molecule has 150 valence electrons. The molecule has 0 fully saturated rings. The van der Waals surface area contributed by atoms with Gasteiger partial charge in [-0.25, -0.2) is 13.1 Å². The summed E-state index contributed by atoms with van der Waals surface area (Å²) < 4.78 is 31.9. The lowest BCUT2D eigenvalue weighted by molar-refractivity contribution is -0.116. The number of benzene rings is 2. The molecule has 0 aliphatic heterocycles. The topological polar surface area (TPSA) is 84.5 Å². The molecule has 0 saturated heterocycles. The first-order valence-corrected chi connectivity index (χ1v) is 10.6. The third kappa shape index (κ3) is 6.83. The molecule has 0 bridgehead atoms. The van der Waals surface area contributed by atoms with E-state index in [2.05, 4.69) is 16.6 Å². The van der Waals surface area contributed by atoms with Gasteiger partial charge in [0.05, 0.1) is 16.5 Å². The van der Waals surface area contributed by atoms with Crippen molar-refractivity contribution in [2.75, 3.05) is 18.5 Å². The monoisotopic (exact) mass is 442 g/mol. The van der Waals surface area contributed by atoms with Gasteiger partial charge in [0.15, 0.2) is 0 Å². The minimum absolute atomic E-state index is 0.112. The van der Waals surface area contributed by atoms with Crippen LogP contribution < -0.4 is 14.8 Å². The lowest BCUT2D eigenvalue weighted by Crippen LogP contribution is -2.23. The van der Waals surface area contributed by atoms with Gasteiger partial charge in [0.1, 0.15) is 5.75 Å². The largest absolute Gasteiger partial charge is 0.492 e. The van der Waals surface area contributed by atoms with Crippen molar-refractivity contribution in [1.82, 2.24) is 4.72 Å². The molecule has 2 aromatic carbocycles. The zero-order chi connectivity index (χ0) is 20.6. The molecule has 0 radical (unpaired) electrons. The number of nitrogens with one attached hydrogen (secondary N) is 2. The summed E-state index contributed by atoms with van der Waals surface area (Å²) in [4.78, 5) is 12.1. The molecule has 2 N–H and O–H groups in total. The lowest BCUT2D eigenvalue weighted by Gasteiger charge is -2.09. The van der Waals surface area contributed by atoms with E-state index < -0.39 is 10.0 Å². The number of halogens is 2. The van der Waals surface area contributed by atoms with E-state index in [-0.39, 0.29) is 23.8 Å². The van der Waals surface area contributed by atoms with Crippen LogP contribution in [0.2, 0.25) is 10.0 Å².